The number of nitrogens with zero attached hydrogens (tertiary/aromatic N) is 3. The largest absolute Gasteiger partial charge is 0.351 e. The third kappa shape index (κ3) is 5.41. The van der Waals surface area contributed by atoms with Gasteiger partial charge in [0, 0.05) is 36.6 Å². The van der Waals surface area contributed by atoms with E-state index < -0.39 is 0 Å². The average molecular weight is 352 g/mol. The summed E-state index contributed by atoms with van der Waals surface area (Å²) < 4.78 is 1.70. The van der Waals surface area contributed by atoms with Crippen LogP contribution in [0.25, 0.3) is 11.3 Å². The van der Waals surface area contributed by atoms with Gasteiger partial charge in [-0.2, -0.15) is 0 Å². The smallest absolute Gasteiger partial charge is 0.251 e. The Bertz CT molecular complexity index is 819. The minimum absolute atomic E-state index is 0.0381. The van der Waals surface area contributed by atoms with Crippen molar-refractivity contribution in [1.29, 1.82) is 0 Å². The van der Waals surface area contributed by atoms with E-state index in [1.807, 2.05) is 37.4 Å². The Morgan fingerprint density at radius 3 is 2.77 bits per heavy atom. The third-order valence-electron chi connectivity index (χ3n) is 4.34. The number of hydrogen-bond acceptors (Lipinski definition) is 4. The molecule has 0 unspecified atom stereocenters. The van der Waals surface area contributed by atoms with Crippen LogP contribution in [-0.4, -0.2) is 20.6 Å². The van der Waals surface area contributed by atoms with Gasteiger partial charge in [-0.05, 0) is 38.3 Å². The molecule has 0 aliphatic rings. The molecule has 0 atom stereocenters. The van der Waals surface area contributed by atoms with Gasteiger partial charge in [0.05, 0.1) is 5.69 Å². The minimum atomic E-state index is -0.0381. The summed E-state index contributed by atoms with van der Waals surface area (Å²) in [5, 5.41) is 3.34. The van der Waals surface area contributed by atoms with Crippen molar-refractivity contribution in [1.82, 2.24) is 14.5 Å². The summed E-state index contributed by atoms with van der Waals surface area (Å²) in [5.41, 5.74) is 2.52. The van der Waals surface area contributed by atoms with Crippen LogP contribution in [-0.2, 0) is 6.54 Å². The van der Waals surface area contributed by atoms with E-state index in [1.165, 1.54) is 0 Å². The van der Waals surface area contributed by atoms with E-state index in [-0.39, 0.29) is 5.56 Å². The van der Waals surface area contributed by atoms with Crippen LogP contribution in [0.4, 0.5) is 5.95 Å². The summed E-state index contributed by atoms with van der Waals surface area (Å²) in [7, 11) is 0. The summed E-state index contributed by atoms with van der Waals surface area (Å²) in [6.07, 6.45) is 10.2. The van der Waals surface area contributed by atoms with Crippen LogP contribution in [0.3, 0.4) is 0 Å². The van der Waals surface area contributed by atoms with Crippen LogP contribution in [0, 0.1) is 0 Å². The number of pyridine rings is 1. The molecule has 2 aromatic rings. The molecule has 2 aromatic heterocycles. The van der Waals surface area contributed by atoms with Gasteiger partial charge in [-0.1, -0.05) is 38.2 Å². The highest BCUT2D eigenvalue weighted by Gasteiger charge is 2.08. The third-order valence-corrected chi connectivity index (χ3v) is 4.34. The lowest BCUT2D eigenvalue weighted by atomic mass is 10.1. The Labute approximate surface area is 155 Å². The molecule has 0 fully saturated rings. The van der Waals surface area contributed by atoms with Crippen LogP contribution in [0.2, 0.25) is 0 Å². The number of allylic oxidation sites excluding steroid dienone is 3. The fourth-order valence-corrected chi connectivity index (χ4v) is 2.70. The van der Waals surface area contributed by atoms with Gasteiger partial charge in [-0.3, -0.25) is 4.79 Å². The molecule has 1 N–H and O–H groups in total. The fourth-order valence-electron chi connectivity index (χ4n) is 2.70. The fraction of sp³-hybridized carbons (Fsp3) is 0.381. The molecular weight excluding hydrogens is 324 g/mol. The molecule has 2 rings (SSSR count). The van der Waals surface area contributed by atoms with Gasteiger partial charge in [0.1, 0.15) is 0 Å². The lowest BCUT2D eigenvalue weighted by molar-refractivity contribution is 0.664. The Morgan fingerprint density at radius 1 is 1.35 bits per heavy atom. The zero-order valence-electron chi connectivity index (χ0n) is 15.9. The Balaban J connectivity index is 2.15. The summed E-state index contributed by atoms with van der Waals surface area (Å²) in [6.45, 7) is 10.8. The SMILES string of the molecule is C=C(C=CC)CCn1ccc(-c2ccnc(NC(CC)CC)n2)cc1=O. The van der Waals surface area contributed by atoms with Crippen LogP contribution >= 0.6 is 0 Å². The van der Waals surface area contributed by atoms with Crippen LogP contribution < -0.4 is 10.9 Å². The molecule has 2 heterocycles. The van der Waals surface area contributed by atoms with Gasteiger partial charge >= 0.3 is 0 Å². The van der Waals surface area contributed by atoms with Crippen molar-refractivity contribution < 1.29 is 0 Å². The standard InChI is InChI=1S/C21H28N4O/c1-5-8-16(4)10-13-25-14-11-17(15-20(25)26)19-9-12-22-21(24-19)23-18(6-2)7-3/h5,8-9,11-12,14-15,18H,4,6-7,10,13H2,1-3H3,(H,22,23,24). The van der Waals surface area contributed by atoms with Gasteiger partial charge < -0.3 is 9.88 Å². The highest BCUT2D eigenvalue weighted by molar-refractivity contribution is 5.59. The zero-order valence-corrected chi connectivity index (χ0v) is 15.9. The van der Waals surface area contributed by atoms with Gasteiger partial charge in [0.15, 0.2) is 0 Å². The van der Waals surface area contributed by atoms with Crippen LogP contribution in [0.5, 0.6) is 0 Å². The number of aryl methyl sites for hydroxylation is 1. The van der Waals surface area contributed by atoms with Crippen molar-refractivity contribution >= 4 is 5.95 Å². The van der Waals surface area contributed by atoms with Gasteiger partial charge in [-0.25, -0.2) is 9.97 Å². The normalized spacial score (nSPS) is 11.2. The molecule has 0 amide bonds. The summed E-state index contributed by atoms with van der Waals surface area (Å²) in [5.74, 6) is 0.600. The monoisotopic (exact) mass is 352 g/mol. The van der Waals surface area contributed by atoms with E-state index >= 15 is 0 Å². The Morgan fingerprint density at radius 2 is 2.12 bits per heavy atom. The van der Waals surface area contributed by atoms with E-state index in [0.29, 0.717) is 18.5 Å². The predicted molar refractivity (Wildman–Crippen MR) is 108 cm³/mol. The first-order valence-electron chi connectivity index (χ1n) is 9.18. The maximum absolute atomic E-state index is 12.4. The number of hydrogen-bond donors (Lipinski definition) is 1. The summed E-state index contributed by atoms with van der Waals surface area (Å²) >= 11 is 0. The average Bonchev–Trinajstić information content (AvgIpc) is 2.65. The van der Waals surface area contributed by atoms with E-state index in [2.05, 4.69) is 35.7 Å². The Hall–Kier alpha value is -2.69. The maximum atomic E-state index is 12.4. The number of nitrogens with one attached hydrogen (secondary N) is 1. The van der Waals surface area contributed by atoms with E-state index in [4.69, 9.17) is 0 Å². The van der Waals surface area contributed by atoms with Crippen LogP contribution in [0.15, 0.2) is 59.7 Å². The van der Waals surface area contributed by atoms with Crippen molar-refractivity contribution in [2.75, 3.05) is 5.32 Å². The Kier molecular flexibility index (Phi) is 7.33. The molecule has 26 heavy (non-hydrogen) atoms. The van der Waals surface area contributed by atoms with E-state index in [1.54, 1.807) is 16.8 Å². The number of rotatable bonds is 9. The lowest BCUT2D eigenvalue weighted by Crippen LogP contribution is -2.19. The van der Waals surface area contributed by atoms with Crippen molar-refractivity contribution in [2.24, 2.45) is 0 Å². The molecule has 0 saturated carbocycles. The van der Waals surface area contributed by atoms with Crippen molar-refractivity contribution in [3.05, 3.63) is 65.3 Å². The minimum Gasteiger partial charge on any atom is -0.351 e. The second-order valence-electron chi connectivity index (χ2n) is 6.28. The van der Waals surface area contributed by atoms with Gasteiger partial charge in [0.25, 0.3) is 5.56 Å². The molecule has 0 spiro atoms. The highest BCUT2D eigenvalue weighted by atomic mass is 16.1. The topological polar surface area (TPSA) is 59.8 Å². The summed E-state index contributed by atoms with van der Waals surface area (Å²) in [6, 6.07) is 5.72. The first-order valence-corrected chi connectivity index (χ1v) is 9.18. The van der Waals surface area contributed by atoms with Crippen molar-refractivity contribution in [2.45, 2.75) is 52.6 Å². The molecule has 0 aromatic carbocycles. The molecule has 0 aliphatic heterocycles. The first kappa shape index (κ1) is 19.6. The number of anilines is 1. The van der Waals surface area contributed by atoms with Crippen molar-refractivity contribution in [3.63, 3.8) is 0 Å². The second kappa shape index (κ2) is 9.70. The zero-order chi connectivity index (χ0) is 18.9. The van der Waals surface area contributed by atoms with Gasteiger partial charge in [-0.15, -0.1) is 0 Å². The lowest BCUT2D eigenvalue weighted by Gasteiger charge is -2.15. The summed E-state index contributed by atoms with van der Waals surface area (Å²) in [4.78, 5) is 21.2. The maximum Gasteiger partial charge on any atom is 0.251 e. The van der Waals surface area contributed by atoms with Gasteiger partial charge in [0.2, 0.25) is 5.95 Å². The van der Waals surface area contributed by atoms with E-state index in [0.717, 1.165) is 36.1 Å². The predicted octanol–water partition coefficient (Wildman–Crippen LogP) is 4.43. The van der Waals surface area contributed by atoms with Crippen molar-refractivity contribution in [3.8, 4) is 11.3 Å². The molecule has 0 saturated heterocycles. The molecule has 0 radical (unpaired) electrons. The van der Waals surface area contributed by atoms with Crippen LogP contribution in [0.1, 0.15) is 40.0 Å². The quantitative estimate of drug-likeness (QED) is 0.678. The highest BCUT2D eigenvalue weighted by Crippen LogP contribution is 2.17. The molecule has 5 nitrogen and oxygen atoms in total. The molecule has 0 bridgehead atoms. The molecular formula is C21H28N4O. The first-order chi connectivity index (χ1) is 12.6. The number of aromatic nitrogens is 3. The molecule has 5 heteroatoms. The van der Waals surface area contributed by atoms with E-state index in [9.17, 15) is 4.79 Å². The molecule has 0 aliphatic carbocycles. The molecule has 138 valence electrons. The second-order valence-corrected chi connectivity index (χ2v) is 6.28.